The van der Waals surface area contributed by atoms with Crippen molar-refractivity contribution in [3.8, 4) is 0 Å². The van der Waals surface area contributed by atoms with Crippen LogP contribution in [0.25, 0.3) is 0 Å². The molecule has 0 radical (unpaired) electrons. The van der Waals surface area contributed by atoms with E-state index in [1.807, 2.05) is 4.90 Å². The van der Waals surface area contributed by atoms with E-state index in [1.54, 1.807) is 12.4 Å². The van der Waals surface area contributed by atoms with Gasteiger partial charge in [0.25, 0.3) is 0 Å². The van der Waals surface area contributed by atoms with Crippen LogP contribution in [0.4, 0.5) is 10.2 Å². The van der Waals surface area contributed by atoms with Crippen molar-refractivity contribution < 1.29 is 13.9 Å². The van der Waals surface area contributed by atoms with E-state index in [4.69, 9.17) is 16.3 Å². The Morgan fingerprint density at radius 2 is 1.97 bits per heavy atom. The van der Waals surface area contributed by atoms with Gasteiger partial charge in [0, 0.05) is 63.2 Å². The largest absolute Gasteiger partial charge is 0.381 e. The van der Waals surface area contributed by atoms with Crippen LogP contribution in [0.15, 0.2) is 24.5 Å². The molecule has 0 saturated carbocycles. The van der Waals surface area contributed by atoms with Gasteiger partial charge in [0.2, 0.25) is 5.91 Å². The van der Waals surface area contributed by atoms with Gasteiger partial charge < -0.3 is 19.9 Å². The van der Waals surface area contributed by atoms with Crippen molar-refractivity contribution in [2.24, 2.45) is 0 Å². The number of ether oxygens (including phenoxy) is 1. The Labute approximate surface area is 211 Å². The van der Waals surface area contributed by atoms with Crippen LogP contribution >= 0.6 is 11.6 Å². The van der Waals surface area contributed by atoms with Crippen molar-refractivity contribution >= 4 is 23.3 Å². The lowest BCUT2D eigenvalue weighted by atomic mass is 9.95. The molecule has 2 atom stereocenters. The molecule has 9 heteroatoms. The van der Waals surface area contributed by atoms with Gasteiger partial charge in [0.15, 0.2) is 0 Å². The number of benzene rings is 1. The Hall–Kier alpha value is -2.29. The zero-order chi connectivity index (χ0) is 24.4. The molecule has 1 aliphatic carbocycles. The smallest absolute Gasteiger partial charge is 0.231 e. The summed E-state index contributed by atoms with van der Waals surface area (Å²) in [7, 11) is 0. The minimum absolute atomic E-state index is 0.0206. The number of anilines is 1. The Morgan fingerprint density at radius 3 is 2.71 bits per heavy atom. The van der Waals surface area contributed by atoms with Crippen LogP contribution in [-0.4, -0.2) is 72.8 Å². The van der Waals surface area contributed by atoms with Crippen LogP contribution in [0.1, 0.15) is 54.8 Å². The van der Waals surface area contributed by atoms with Gasteiger partial charge in [0.05, 0.1) is 10.9 Å². The number of hydrogen-bond donors (Lipinski definition) is 1. The molecule has 0 spiro atoms. The molecule has 2 saturated heterocycles. The standard InChI is InChI=1S/C26H33ClFN5O2/c1-17-2-5-23-24(17)25(31-16-30-23)32-8-10-33(11-9-32)26(34)20(15-29-19-6-12-35-13-7-19)18-3-4-21(27)22(28)14-18/h3-4,14,16-17,19-20,29H,2,5-13,15H2,1H3. The van der Waals surface area contributed by atoms with Crippen molar-refractivity contribution in [3.63, 3.8) is 0 Å². The van der Waals surface area contributed by atoms with E-state index in [1.165, 1.54) is 17.7 Å². The van der Waals surface area contributed by atoms with Crippen LogP contribution in [0.5, 0.6) is 0 Å². The SMILES string of the molecule is CC1CCc2ncnc(N3CCN(C(=O)C(CNC4CCOCC4)c4ccc(Cl)c(F)c4)CC3)c21. The van der Waals surface area contributed by atoms with Crippen molar-refractivity contribution in [2.75, 3.05) is 50.8 Å². The lowest BCUT2D eigenvalue weighted by Crippen LogP contribution is -2.52. The molecule has 5 rings (SSSR count). The first-order valence-electron chi connectivity index (χ1n) is 12.6. The highest BCUT2D eigenvalue weighted by Crippen LogP contribution is 2.37. The molecule has 188 valence electrons. The minimum Gasteiger partial charge on any atom is -0.381 e. The zero-order valence-electron chi connectivity index (χ0n) is 20.2. The second-order valence-corrected chi connectivity index (χ2v) is 10.2. The lowest BCUT2D eigenvalue weighted by Gasteiger charge is -2.38. The predicted octanol–water partition coefficient (Wildman–Crippen LogP) is 3.52. The molecule has 2 aliphatic heterocycles. The number of carbonyl (C=O) groups is 1. The number of piperazine rings is 1. The first kappa shape index (κ1) is 24.4. The van der Waals surface area contributed by atoms with Crippen LogP contribution in [0.3, 0.4) is 0 Å². The average molecular weight is 502 g/mol. The summed E-state index contributed by atoms with van der Waals surface area (Å²) in [6.45, 7) is 6.79. The Morgan fingerprint density at radius 1 is 1.20 bits per heavy atom. The number of aryl methyl sites for hydroxylation is 1. The van der Waals surface area contributed by atoms with E-state index in [0.29, 0.717) is 37.2 Å². The molecule has 1 amide bonds. The molecule has 3 aliphatic rings. The van der Waals surface area contributed by atoms with E-state index < -0.39 is 11.7 Å². The highest BCUT2D eigenvalue weighted by Gasteiger charge is 2.32. The first-order chi connectivity index (χ1) is 17.0. The maximum absolute atomic E-state index is 14.3. The molecule has 1 aromatic carbocycles. The molecular formula is C26H33ClFN5O2. The van der Waals surface area contributed by atoms with Crippen LogP contribution < -0.4 is 10.2 Å². The van der Waals surface area contributed by atoms with E-state index >= 15 is 0 Å². The lowest BCUT2D eigenvalue weighted by molar-refractivity contribution is -0.133. The Kier molecular flexibility index (Phi) is 7.51. The molecule has 1 N–H and O–H groups in total. The molecule has 2 fully saturated rings. The summed E-state index contributed by atoms with van der Waals surface area (Å²) in [5.74, 6) is 0.530. The normalized spacial score (nSPS) is 21.7. The number of amides is 1. The highest BCUT2D eigenvalue weighted by molar-refractivity contribution is 6.30. The zero-order valence-corrected chi connectivity index (χ0v) is 20.9. The Balaban J connectivity index is 1.29. The quantitative estimate of drug-likeness (QED) is 0.653. The van der Waals surface area contributed by atoms with Gasteiger partial charge in [-0.2, -0.15) is 0 Å². The molecule has 2 aromatic rings. The third-order valence-electron chi connectivity index (χ3n) is 7.62. The van der Waals surface area contributed by atoms with Gasteiger partial charge in [0.1, 0.15) is 18.0 Å². The second-order valence-electron chi connectivity index (χ2n) is 9.83. The summed E-state index contributed by atoms with van der Waals surface area (Å²) in [5.41, 5.74) is 3.08. The molecule has 0 bridgehead atoms. The molecule has 35 heavy (non-hydrogen) atoms. The summed E-state index contributed by atoms with van der Waals surface area (Å²) in [6, 6.07) is 5.00. The van der Waals surface area contributed by atoms with Crippen LogP contribution in [-0.2, 0) is 16.0 Å². The maximum Gasteiger partial charge on any atom is 0.231 e. The fraction of sp³-hybridized carbons (Fsp3) is 0.577. The average Bonchev–Trinajstić information content (AvgIpc) is 3.28. The van der Waals surface area contributed by atoms with Gasteiger partial charge in [-0.1, -0.05) is 24.6 Å². The number of fused-ring (bicyclic) bond motifs is 1. The van der Waals surface area contributed by atoms with Gasteiger partial charge in [-0.15, -0.1) is 0 Å². The van der Waals surface area contributed by atoms with E-state index in [2.05, 4.69) is 27.1 Å². The van der Waals surface area contributed by atoms with Crippen molar-refractivity contribution in [1.82, 2.24) is 20.2 Å². The molecule has 3 heterocycles. The maximum atomic E-state index is 14.3. The highest BCUT2D eigenvalue weighted by atomic mass is 35.5. The van der Waals surface area contributed by atoms with E-state index in [9.17, 15) is 9.18 Å². The summed E-state index contributed by atoms with van der Waals surface area (Å²) >= 11 is 5.92. The van der Waals surface area contributed by atoms with E-state index in [0.717, 1.165) is 63.5 Å². The number of aromatic nitrogens is 2. The second kappa shape index (κ2) is 10.8. The number of rotatable bonds is 6. The number of nitrogens with zero attached hydrogens (tertiary/aromatic N) is 4. The van der Waals surface area contributed by atoms with Crippen molar-refractivity contribution in [3.05, 3.63) is 52.2 Å². The van der Waals surface area contributed by atoms with Crippen LogP contribution in [0, 0.1) is 5.82 Å². The van der Waals surface area contributed by atoms with Crippen LogP contribution in [0.2, 0.25) is 5.02 Å². The number of hydrogen-bond acceptors (Lipinski definition) is 6. The number of nitrogens with one attached hydrogen (secondary N) is 1. The fourth-order valence-corrected chi connectivity index (χ4v) is 5.61. The van der Waals surface area contributed by atoms with E-state index in [-0.39, 0.29) is 10.9 Å². The van der Waals surface area contributed by atoms with Gasteiger partial charge >= 0.3 is 0 Å². The summed E-state index contributed by atoms with van der Waals surface area (Å²) in [5, 5.41) is 3.60. The third kappa shape index (κ3) is 5.29. The third-order valence-corrected chi connectivity index (χ3v) is 7.93. The summed E-state index contributed by atoms with van der Waals surface area (Å²) < 4.78 is 19.8. The predicted molar refractivity (Wildman–Crippen MR) is 134 cm³/mol. The Bertz CT molecular complexity index is 1060. The molecule has 7 nitrogen and oxygen atoms in total. The molecular weight excluding hydrogens is 469 g/mol. The summed E-state index contributed by atoms with van der Waals surface area (Å²) in [6.07, 6.45) is 5.60. The molecule has 2 unspecified atom stereocenters. The number of halogens is 2. The first-order valence-corrected chi connectivity index (χ1v) is 13.0. The minimum atomic E-state index is -0.496. The van der Waals surface area contributed by atoms with Gasteiger partial charge in [-0.05, 0) is 49.3 Å². The van der Waals surface area contributed by atoms with Crippen molar-refractivity contribution in [2.45, 2.75) is 50.5 Å². The number of carbonyl (C=O) groups excluding carboxylic acids is 1. The molecule has 1 aromatic heterocycles. The van der Waals surface area contributed by atoms with Gasteiger partial charge in [-0.3, -0.25) is 4.79 Å². The van der Waals surface area contributed by atoms with Gasteiger partial charge in [-0.25, -0.2) is 14.4 Å². The monoisotopic (exact) mass is 501 g/mol. The fourth-order valence-electron chi connectivity index (χ4n) is 5.50. The topological polar surface area (TPSA) is 70.6 Å². The van der Waals surface area contributed by atoms with Crippen molar-refractivity contribution in [1.29, 1.82) is 0 Å². The summed E-state index contributed by atoms with van der Waals surface area (Å²) in [4.78, 5) is 27.0.